The molecule has 0 aliphatic carbocycles. The zero-order valence-electron chi connectivity index (χ0n) is 9.10. The molecule has 0 bridgehead atoms. The van der Waals surface area contributed by atoms with Gasteiger partial charge in [0, 0.05) is 43.2 Å². The quantitative estimate of drug-likeness (QED) is 0.745. The molecule has 0 amide bonds. The molecule has 3 heteroatoms. The molecule has 0 aromatic heterocycles. The molecule has 0 radical (unpaired) electrons. The number of nitrogens with zero attached hydrogens (tertiary/aromatic N) is 1. The molecular weight excluding hydrogens is 180 g/mol. The molecule has 2 nitrogen and oxygen atoms in total. The van der Waals surface area contributed by atoms with E-state index in [1.54, 1.807) is 0 Å². The molecule has 1 fully saturated rings. The van der Waals surface area contributed by atoms with E-state index in [1.165, 1.54) is 31.1 Å². The normalized spacial score (nSPS) is 20.5. The molecule has 0 aromatic carbocycles. The molecule has 1 N–H and O–H groups in total. The lowest BCUT2D eigenvalue weighted by Gasteiger charge is -2.28. The molecule has 0 saturated carbocycles. The highest BCUT2D eigenvalue weighted by molar-refractivity contribution is 7.99. The van der Waals surface area contributed by atoms with E-state index >= 15 is 0 Å². The fourth-order valence-corrected chi connectivity index (χ4v) is 2.39. The summed E-state index contributed by atoms with van der Waals surface area (Å²) in [5, 5.41) is 3.52. The summed E-state index contributed by atoms with van der Waals surface area (Å²) in [7, 11) is 0. The minimum absolute atomic E-state index is 0.268. The monoisotopic (exact) mass is 202 g/mol. The maximum atomic E-state index is 3.52. The highest BCUT2D eigenvalue weighted by atomic mass is 32.2. The molecule has 1 aliphatic heterocycles. The Morgan fingerprint density at radius 3 is 2.38 bits per heavy atom. The first-order valence-electron chi connectivity index (χ1n) is 5.13. The zero-order valence-corrected chi connectivity index (χ0v) is 9.91. The smallest absolute Gasteiger partial charge is 0.0108 e. The molecule has 1 rings (SSSR count). The summed E-state index contributed by atoms with van der Waals surface area (Å²) in [6.07, 6.45) is 0. The van der Waals surface area contributed by atoms with Crippen LogP contribution in [0.25, 0.3) is 0 Å². The highest BCUT2D eigenvalue weighted by Gasteiger charge is 2.12. The van der Waals surface area contributed by atoms with Gasteiger partial charge in [0.25, 0.3) is 0 Å². The van der Waals surface area contributed by atoms with Crippen molar-refractivity contribution in [3.05, 3.63) is 0 Å². The van der Waals surface area contributed by atoms with E-state index in [0.717, 1.165) is 6.54 Å². The van der Waals surface area contributed by atoms with E-state index in [1.807, 2.05) is 0 Å². The highest BCUT2D eigenvalue weighted by Crippen LogP contribution is 2.08. The summed E-state index contributed by atoms with van der Waals surface area (Å²) in [6.45, 7) is 11.5. The largest absolute Gasteiger partial charge is 0.311 e. The van der Waals surface area contributed by atoms with Crippen LogP contribution in [0.5, 0.6) is 0 Å². The second-order valence-corrected chi connectivity index (χ2v) is 5.86. The summed E-state index contributed by atoms with van der Waals surface area (Å²) >= 11 is 2.08. The Bertz CT molecular complexity index is 136. The van der Waals surface area contributed by atoms with Crippen LogP contribution < -0.4 is 5.32 Å². The SMILES string of the molecule is CC(C)(C)NCCN1CCSCC1. The van der Waals surface area contributed by atoms with Crippen molar-refractivity contribution in [2.45, 2.75) is 26.3 Å². The van der Waals surface area contributed by atoms with Gasteiger partial charge in [0.2, 0.25) is 0 Å². The van der Waals surface area contributed by atoms with Gasteiger partial charge < -0.3 is 10.2 Å². The molecule has 1 heterocycles. The average Bonchev–Trinajstić information content (AvgIpc) is 2.04. The third-order valence-electron chi connectivity index (χ3n) is 2.19. The van der Waals surface area contributed by atoms with Crippen molar-refractivity contribution >= 4 is 11.8 Å². The lowest BCUT2D eigenvalue weighted by Crippen LogP contribution is -2.43. The van der Waals surface area contributed by atoms with Gasteiger partial charge in [0.1, 0.15) is 0 Å². The summed E-state index contributed by atoms with van der Waals surface area (Å²) in [4.78, 5) is 2.55. The van der Waals surface area contributed by atoms with E-state index in [2.05, 4.69) is 42.7 Å². The number of thioether (sulfide) groups is 1. The van der Waals surface area contributed by atoms with Crippen LogP contribution >= 0.6 is 11.8 Å². The van der Waals surface area contributed by atoms with Crippen LogP contribution in [0.3, 0.4) is 0 Å². The van der Waals surface area contributed by atoms with E-state index in [0.29, 0.717) is 0 Å². The van der Waals surface area contributed by atoms with E-state index < -0.39 is 0 Å². The fraction of sp³-hybridized carbons (Fsp3) is 1.00. The first kappa shape index (κ1) is 11.3. The summed E-state index contributed by atoms with van der Waals surface area (Å²) in [5.74, 6) is 2.63. The van der Waals surface area contributed by atoms with Crippen LogP contribution in [0.2, 0.25) is 0 Å². The molecule has 0 unspecified atom stereocenters. The molecular formula is C10H22N2S. The van der Waals surface area contributed by atoms with Gasteiger partial charge in [-0.1, -0.05) is 0 Å². The second-order valence-electron chi connectivity index (χ2n) is 4.63. The van der Waals surface area contributed by atoms with Crippen molar-refractivity contribution < 1.29 is 0 Å². The van der Waals surface area contributed by atoms with Crippen molar-refractivity contribution in [1.82, 2.24) is 10.2 Å². The van der Waals surface area contributed by atoms with Gasteiger partial charge >= 0.3 is 0 Å². The Morgan fingerprint density at radius 2 is 1.85 bits per heavy atom. The van der Waals surface area contributed by atoms with E-state index in [-0.39, 0.29) is 5.54 Å². The lowest BCUT2D eigenvalue weighted by atomic mass is 10.1. The summed E-state index contributed by atoms with van der Waals surface area (Å²) < 4.78 is 0. The van der Waals surface area contributed by atoms with Gasteiger partial charge in [-0.05, 0) is 20.8 Å². The lowest BCUT2D eigenvalue weighted by molar-refractivity contribution is 0.285. The standard InChI is InChI=1S/C10H22N2S/c1-10(2,3)11-4-5-12-6-8-13-9-7-12/h11H,4-9H2,1-3H3. The Labute approximate surface area is 86.5 Å². The van der Waals surface area contributed by atoms with Crippen LogP contribution in [0.15, 0.2) is 0 Å². The van der Waals surface area contributed by atoms with Crippen LogP contribution in [-0.4, -0.2) is 48.1 Å². The first-order chi connectivity index (χ1) is 6.08. The molecule has 0 atom stereocenters. The van der Waals surface area contributed by atoms with Crippen molar-refractivity contribution in [3.63, 3.8) is 0 Å². The topological polar surface area (TPSA) is 15.3 Å². The van der Waals surface area contributed by atoms with Gasteiger partial charge in [-0.25, -0.2) is 0 Å². The Balaban J connectivity index is 2.04. The fourth-order valence-electron chi connectivity index (χ4n) is 1.41. The summed E-state index contributed by atoms with van der Waals surface area (Å²) in [5.41, 5.74) is 0.268. The molecule has 1 saturated heterocycles. The Morgan fingerprint density at radius 1 is 1.23 bits per heavy atom. The zero-order chi connectivity index (χ0) is 9.73. The van der Waals surface area contributed by atoms with Crippen molar-refractivity contribution in [3.8, 4) is 0 Å². The predicted octanol–water partition coefficient (Wildman–Crippen LogP) is 1.42. The number of rotatable bonds is 3. The summed E-state index contributed by atoms with van der Waals surface area (Å²) in [6, 6.07) is 0. The third kappa shape index (κ3) is 5.55. The van der Waals surface area contributed by atoms with Crippen LogP contribution in [-0.2, 0) is 0 Å². The maximum absolute atomic E-state index is 3.52. The molecule has 1 aliphatic rings. The Kier molecular flexibility index (Phi) is 4.56. The van der Waals surface area contributed by atoms with Crippen LogP contribution in [0.4, 0.5) is 0 Å². The predicted molar refractivity (Wildman–Crippen MR) is 61.5 cm³/mol. The molecule has 13 heavy (non-hydrogen) atoms. The molecule has 0 spiro atoms. The average molecular weight is 202 g/mol. The number of hydrogen-bond donors (Lipinski definition) is 1. The van der Waals surface area contributed by atoms with Gasteiger partial charge in [-0.2, -0.15) is 11.8 Å². The Hall–Kier alpha value is 0.270. The maximum Gasteiger partial charge on any atom is 0.0108 e. The third-order valence-corrected chi connectivity index (χ3v) is 3.13. The van der Waals surface area contributed by atoms with Crippen LogP contribution in [0, 0.1) is 0 Å². The minimum Gasteiger partial charge on any atom is -0.311 e. The van der Waals surface area contributed by atoms with E-state index in [4.69, 9.17) is 0 Å². The van der Waals surface area contributed by atoms with Crippen molar-refractivity contribution in [2.24, 2.45) is 0 Å². The number of nitrogens with one attached hydrogen (secondary N) is 1. The molecule has 78 valence electrons. The number of hydrogen-bond acceptors (Lipinski definition) is 3. The van der Waals surface area contributed by atoms with Gasteiger partial charge in [-0.3, -0.25) is 0 Å². The van der Waals surface area contributed by atoms with E-state index in [9.17, 15) is 0 Å². The minimum atomic E-state index is 0.268. The van der Waals surface area contributed by atoms with Crippen molar-refractivity contribution in [2.75, 3.05) is 37.7 Å². The molecule has 0 aromatic rings. The van der Waals surface area contributed by atoms with Gasteiger partial charge in [0.05, 0.1) is 0 Å². The van der Waals surface area contributed by atoms with Gasteiger partial charge in [-0.15, -0.1) is 0 Å². The van der Waals surface area contributed by atoms with Gasteiger partial charge in [0.15, 0.2) is 0 Å². The van der Waals surface area contributed by atoms with Crippen molar-refractivity contribution in [1.29, 1.82) is 0 Å². The van der Waals surface area contributed by atoms with Crippen LogP contribution in [0.1, 0.15) is 20.8 Å². The second kappa shape index (κ2) is 5.23. The first-order valence-corrected chi connectivity index (χ1v) is 6.28.